The van der Waals surface area contributed by atoms with Crippen LogP contribution in [0.3, 0.4) is 0 Å². The minimum Gasteiger partial charge on any atom is -0.373 e. The molecule has 1 N–H and O–H groups in total. The van der Waals surface area contributed by atoms with Crippen LogP contribution in [0, 0.1) is 0 Å². The maximum atomic E-state index is 6.18. The Kier molecular flexibility index (Phi) is 16.7. The number of aromatic nitrogens is 1. The fourth-order valence-corrected chi connectivity index (χ4v) is 12.6. The molecule has 1 heterocycles. The van der Waals surface area contributed by atoms with Gasteiger partial charge in [-0.15, -0.1) is 0 Å². The maximum Gasteiger partial charge on any atom is 0.157 e. The van der Waals surface area contributed by atoms with Crippen LogP contribution in [0.5, 0.6) is 0 Å². The monoisotopic (exact) mass is 1140 g/mol. The predicted octanol–water partition coefficient (Wildman–Crippen LogP) is 21.3. The minimum absolute atomic E-state index is 0.171. The van der Waals surface area contributed by atoms with E-state index in [-0.39, 0.29) is 10.8 Å². The summed E-state index contributed by atoms with van der Waals surface area (Å²) in [6, 6.07) is 102. The topological polar surface area (TPSA) is 41.7 Å². The molecule has 12 rings (SSSR count). The molecule has 0 saturated heterocycles. The molecule has 0 saturated carbocycles. The van der Waals surface area contributed by atoms with Crippen molar-refractivity contribution < 1.29 is 0 Å². The first-order valence-corrected chi connectivity index (χ1v) is 31.1. The van der Waals surface area contributed by atoms with E-state index in [9.17, 15) is 0 Å². The summed E-state index contributed by atoms with van der Waals surface area (Å²) in [7, 11) is 1.98. The zero-order valence-corrected chi connectivity index (χ0v) is 52.1. The van der Waals surface area contributed by atoms with Gasteiger partial charge in [-0.05, 0) is 132 Å². The van der Waals surface area contributed by atoms with Crippen molar-refractivity contribution in [3.05, 3.63) is 319 Å². The first kappa shape index (κ1) is 58.5. The average molecular weight is 1140 g/mol. The molecular weight excluding hydrogens is 1060 g/mol. The second-order valence-electron chi connectivity index (χ2n) is 25.3. The number of amidine groups is 2. The molecule has 0 aliphatic heterocycles. The lowest BCUT2D eigenvalue weighted by atomic mass is 9.78. The van der Waals surface area contributed by atoms with Crippen LogP contribution in [-0.2, 0) is 22.8 Å². The smallest absolute Gasteiger partial charge is 0.157 e. The maximum absolute atomic E-state index is 6.18. The number of aliphatic imine (C=N–C) groups is 2. The highest BCUT2D eigenvalue weighted by Gasteiger charge is 2.42. The molecule has 88 heavy (non-hydrogen) atoms. The van der Waals surface area contributed by atoms with Crippen molar-refractivity contribution in [1.82, 2.24) is 9.88 Å². The summed E-state index contributed by atoms with van der Waals surface area (Å²) in [5, 5.41) is 6.07. The van der Waals surface area contributed by atoms with Gasteiger partial charge in [-0.25, -0.2) is 4.99 Å². The van der Waals surface area contributed by atoms with Gasteiger partial charge in [0.25, 0.3) is 0 Å². The first-order chi connectivity index (χ1) is 42.8. The molecular formula is C84H78N4. The first-order valence-electron chi connectivity index (χ1n) is 31.1. The standard InChI is InChI=1S/C84H78N4/c1-9-31-77(66-44-29-16-30-45-66)84(57-59-32-17-10-18-33-59,88-78-73(64-40-25-14-26-41-64)53-71(82(2,3)4)55-75(78)76-56-72(83(5,6)7)54-74(79(76)88)65-42-27-15-28-43-65)58-86-81(67-48-46-63(47-49-67)60-34-19-11-20-35-60)87-80(85-8)70-51-68(61-36-21-12-22-37-61)50-69(52-70)62-38-23-13-24-39-62/h10-56H,9,57-58H2,1-8H3,(H,85,86,87)/b77-31-. The van der Waals surface area contributed by atoms with E-state index in [0.29, 0.717) is 24.6 Å². The average Bonchev–Trinajstić information content (AvgIpc) is 1.55. The lowest BCUT2D eigenvalue weighted by Crippen LogP contribution is -2.41. The van der Waals surface area contributed by atoms with Gasteiger partial charge in [0.15, 0.2) is 5.84 Å². The van der Waals surface area contributed by atoms with E-state index >= 15 is 0 Å². The van der Waals surface area contributed by atoms with E-state index in [1.165, 1.54) is 55.2 Å². The number of rotatable bonds is 15. The van der Waals surface area contributed by atoms with Gasteiger partial charge in [-0.1, -0.05) is 291 Å². The van der Waals surface area contributed by atoms with E-state index in [1.54, 1.807) is 0 Å². The van der Waals surface area contributed by atoms with Crippen molar-refractivity contribution in [3.63, 3.8) is 0 Å². The van der Waals surface area contributed by atoms with E-state index < -0.39 is 5.54 Å². The normalized spacial score (nSPS) is 13.2. The largest absolute Gasteiger partial charge is 0.373 e. The summed E-state index contributed by atoms with van der Waals surface area (Å²) in [5.41, 5.74) is 20.4. The number of hydrogen-bond donors (Lipinski definition) is 1. The summed E-state index contributed by atoms with van der Waals surface area (Å²) in [6.07, 6.45) is 3.88. The highest BCUT2D eigenvalue weighted by Crippen LogP contribution is 2.51. The Morgan fingerprint density at radius 3 is 1.23 bits per heavy atom. The SMILES string of the molecule is CC/C=C(/c1ccccc1)C(CN=C(N=C(NC)c1cc(-c2ccccc2)cc(-c2ccccc2)c1)c1ccc(-c2ccccc2)cc1)(Cc1ccccc1)n1c2c(-c3ccccc3)cc(C(C)(C)C)cc2c2cc(C(C)(C)C)cc(-c3ccccc3)c21. The predicted molar refractivity (Wildman–Crippen MR) is 377 cm³/mol. The molecule has 12 aromatic rings. The van der Waals surface area contributed by atoms with Gasteiger partial charge >= 0.3 is 0 Å². The number of benzene rings is 11. The fraction of sp³-hybridized carbons (Fsp3) is 0.167. The van der Waals surface area contributed by atoms with Crippen LogP contribution in [0.1, 0.15) is 88.3 Å². The van der Waals surface area contributed by atoms with Crippen LogP contribution < -0.4 is 5.32 Å². The third-order valence-corrected chi connectivity index (χ3v) is 17.2. The second kappa shape index (κ2) is 25.2. The molecule has 0 aliphatic carbocycles. The van der Waals surface area contributed by atoms with Crippen LogP contribution in [-0.4, -0.2) is 29.8 Å². The zero-order valence-electron chi connectivity index (χ0n) is 52.1. The van der Waals surface area contributed by atoms with Crippen molar-refractivity contribution in [2.75, 3.05) is 13.6 Å². The molecule has 4 heteroatoms. The van der Waals surface area contributed by atoms with Gasteiger partial charge in [-0.2, -0.15) is 0 Å². The Labute approximate surface area is 521 Å². The Balaban J connectivity index is 1.25. The third-order valence-electron chi connectivity index (χ3n) is 17.2. The van der Waals surface area contributed by atoms with E-state index in [0.717, 1.165) is 67.6 Å². The van der Waals surface area contributed by atoms with Crippen molar-refractivity contribution in [3.8, 4) is 55.6 Å². The molecule has 0 bridgehead atoms. The third kappa shape index (κ3) is 12.1. The number of fused-ring (bicyclic) bond motifs is 3. The Morgan fingerprint density at radius 2 is 0.807 bits per heavy atom. The van der Waals surface area contributed by atoms with Gasteiger partial charge in [0.05, 0.1) is 23.1 Å². The molecule has 434 valence electrons. The van der Waals surface area contributed by atoms with Gasteiger partial charge in [-0.3, -0.25) is 4.99 Å². The zero-order chi connectivity index (χ0) is 60.8. The number of nitrogens with one attached hydrogen (secondary N) is 1. The molecule has 0 aliphatic rings. The fourth-order valence-electron chi connectivity index (χ4n) is 12.6. The quantitative estimate of drug-likeness (QED) is 0.0807. The number of hydrogen-bond acceptors (Lipinski definition) is 1. The highest BCUT2D eigenvalue weighted by atomic mass is 15.1. The minimum atomic E-state index is -0.934. The van der Waals surface area contributed by atoms with Crippen molar-refractivity contribution in [2.45, 2.75) is 77.7 Å². The van der Waals surface area contributed by atoms with E-state index in [4.69, 9.17) is 9.98 Å². The molecule has 1 atom stereocenters. The summed E-state index contributed by atoms with van der Waals surface area (Å²) in [4.78, 5) is 12.0. The van der Waals surface area contributed by atoms with Gasteiger partial charge in [0.1, 0.15) is 5.84 Å². The number of allylic oxidation sites excluding steroid dienone is 1. The van der Waals surface area contributed by atoms with Crippen molar-refractivity contribution in [1.29, 1.82) is 0 Å². The van der Waals surface area contributed by atoms with Crippen molar-refractivity contribution in [2.24, 2.45) is 9.98 Å². The lowest BCUT2D eigenvalue weighted by Gasteiger charge is -2.40. The Bertz CT molecular complexity index is 4280. The van der Waals surface area contributed by atoms with Crippen LogP contribution in [0.25, 0.3) is 83.0 Å². The van der Waals surface area contributed by atoms with Crippen LogP contribution in [0.2, 0.25) is 0 Å². The molecule has 0 spiro atoms. The summed E-state index contributed by atoms with van der Waals surface area (Å²) < 4.78 is 2.78. The highest BCUT2D eigenvalue weighted by molar-refractivity contribution is 6.18. The molecule has 0 amide bonds. The van der Waals surface area contributed by atoms with E-state index in [1.807, 2.05) is 7.05 Å². The summed E-state index contributed by atoms with van der Waals surface area (Å²) >= 11 is 0. The summed E-state index contributed by atoms with van der Waals surface area (Å²) in [6.45, 7) is 16.7. The van der Waals surface area contributed by atoms with Crippen molar-refractivity contribution >= 4 is 39.1 Å². The number of nitrogens with zero attached hydrogens (tertiary/aromatic N) is 3. The van der Waals surface area contributed by atoms with Crippen LogP contribution >= 0.6 is 0 Å². The van der Waals surface area contributed by atoms with E-state index in [2.05, 4.69) is 343 Å². The summed E-state index contributed by atoms with van der Waals surface area (Å²) in [5.74, 6) is 1.33. The van der Waals surface area contributed by atoms with Crippen LogP contribution in [0.15, 0.2) is 295 Å². The lowest BCUT2D eigenvalue weighted by molar-refractivity contribution is 0.418. The second-order valence-corrected chi connectivity index (χ2v) is 25.3. The Hall–Kier alpha value is -9.90. The molecule has 11 aromatic carbocycles. The van der Waals surface area contributed by atoms with Crippen LogP contribution in [0.4, 0.5) is 0 Å². The molecule has 0 radical (unpaired) electrons. The Morgan fingerprint density at radius 1 is 0.409 bits per heavy atom. The molecule has 0 fully saturated rings. The molecule has 1 aromatic heterocycles. The van der Waals surface area contributed by atoms with Gasteiger partial charge in [0, 0.05) is 46.5 Å². The van der Waals surface area contributed by atoms with Gasteiger partial charge in [0.2, 0.25) is 0 Å². The molecule has 4 nitrogen and oxygen atoms in total. The molecule has 1 unspecified atom stereocenters. The van der Waals surface area contributed by atoms with Gasteiger partial charge < -0.3 is 9.88 Å².